The summed E-state index contributed by atoms with van der Waals surface area (Å²) in [5.41, 5.74) is 0. The van der Waals surface area contributed by atoms with Gasteiger partial charge in [-0.1, -0.05) is 11.9 Å². The first-order valence-electron chi connectivity index (χ1n) is 3.02. The molecule has 0 spiro atoms. The number of amides is 1. The molecular weight excluding hydrogens is 136 g/mol. The van der Waals surface area contributed by atoms with Gasteiger partial charge in [-0.25, -0.2) is 10.1 Å². The minimum absolute atomic E-state index is 0.183. The van der Waals surface area contributed by atoms with Crippen molar-refractivity contribution >= 4 is 5.91 Å². The number of nitrogens with zero attached hydrogens (tertiary/aromatic N) is 2. The third kappa shape index (κ3) is 2.43. The molecule has 0 N–H and O–H groups in total. The molecule has 5 nitrogen and oxygen atoms in total. The second-order valence-corrected chi connectivity index (χ2v) is 1.88. The van der Waals surface area contributed by atoms with Gasteiger partial charge in [0.15, 0.2) is 5.03 Å². The lowest BCUT2D eigenvalue weighted by Gasteiger charge is -2.06. The van der Waals surface area contributed by atoms with Crippen LogP contribution in [0.3, 0.4) is 0 Å². The van der Waals surface area contributed by atoms with E-state index in [1.165, 1.54) is 6.92 Å². The summed E-state index contributed by atoms with van der Waals surface area (Å²) in [6, 6.07) is 0. The van der Waals surface area contributed by atoms with Gasteiger partial charge in [-0.3, -0.25) is 4.79 Å². The van der Waals surface area contributed by atoms with Gasteiger partial charge in [0, 0.05) is 6.92 Å². The van der Waals surface area contributed by atoms with Crippen LogP contribution in [-0.4, -0.2) is 22.5 Å². The first-order valence-corrected chi connectivity index (χ1v) is 3.02. The fourth-order valence-electron chi connectivity index (χ4n) is 0.566. The number of rotatable bonds is 3. The van der Waals surface area contributed by atoms with Crippen molar-refractivity contribution in [2.45, 2.75) is 20.3 Å². The van der Waals surface area contributed by atoms with Crippen LogP contribution in [0.1, 0.15) is 20.3 Å². The monoisotopic (exact) mass is 146 g/mol. The standard InChI is InChI=1S/C5H10N2O3/c1-3-4-6(5(2)8)7(9)10/h3-4H2,1-2H3. The maximum Gasteiger partial charge on any atom is 0.280 e. The fourth-order valence-corrected chi connectivity index (χ4v) is 0.566. The molecule has 58 valence electrons. The Morgan fingerprint density at radius 3 is 2.30 bits per heavy atom. The summed E-state index contributed by atoms with van der Waals surface area (Å²) >= 11 is 0. The van der Waals surface area contributed by atoms with Crippen molar-refractivity contribution in [1.82, 2.24) is 5.01 Å². The van der Waals surface area contributed by atoms with E-state index in [9.17, 15) is 14.9 Å². The Labute approximate surface area is 58.7 Å². The van der Waals surface area contributed by atoms with Crippen LogP contribution >= 0.6 is 0 Å². The van der Waals surface area contributed by atoms with Gasteiger partial charge < -0.3 is 0 Å². The number of carbonyl (C=O) groups excluding carboxylic acids is 1. The molecule has 0 aliphatic carbocycles. The highest BCUT2D eigenvalue weighted by molar-refractivity contribution is 5.71. The number of carbonyl (C=O) groups is 1. The Hall–Kier alpha value is -1.13. The van der Waals surface area contributed by atoms with Gasteiger partial charge in [0.2, 0.25) is 0 Å². The average molecular weight is 146 g/mol. The molecule has 0 bridgehead atoms. The molecule has 0 aromatic rings. The van der Waals surface area contributed by atoms with Crippen LogP contribution in [0.15, 0.2) is 0 Å². The van der Waals surface area contributed by atoms with Crippen molar-refractivity contribution in [3.63, 3.8) is 0 Å². The molecule has 0 radical (unpaired) electrons. The zero-order chi connectivity index (χ0) is 8.15. The molecule has 0 saturated carbocycles. The van der Waals surface area contributed by atoms with Crippen LogP contribution < -0.4 is 0 Å². The number of hydrogen-bond donors (Lipinski definition) is 0. The molecule has 0 aliphatic heterocycles. The van der Waals surface area contributed by atoms with E-state index in [4.69, 9.17) is 0 Å². The predicted molar refractivity (Wildman–Crippen MR) is 34.7 cm³/mol. The van der Waals surface area contributed by atoms with E-state index in [0.29, 0.717) is 11.4 Å². The predicted octanol–water partition coefficient (Wildman–Crippen LogP) is 0.437. The normalized spacial score (nSPS) is 9.00. The molecule has 0 atom stereocenters. The number of nitro groups is 1. The van der Waals surface area contributed by atoms with Crippen LogP contribution in [0, 0.1) is 10.1 Å². The number of hydrazine groups is 1. The van der Waals surface area contributed by atoms with E-state index < -0.39 is 10.9 Å². The zero-order valence-electron chi connectivity index (χ0n) is 6.03. The van der Waals surface area contributed by atoms with E-state index >= 15 is 0 Å². The van der Waals surface area contributed by atoms with Crippen LogP contribution in [0.2, 0.25) is 0 Å². The highest BCUT2D eigenvalue weighted by atomic mass is 16.7. The quantitative estimate of drug-likeness (QED) is 0.428. The first-order chi connectivity index (χ1) is 4.59. The van der Waals surface area contributed by atoms with Crippen molar-refractivity contribution in [2.24, 2.45) is 0 Å². The minimum atomic E-state index is -0.689. The highest BCUT2D eigenvalue weighted by Crippen LogP contribution is 1.91. The van der Waals surface area contributed by atoms with E-state index in [2.05, 4.69) is 0 Å². The Morgan fingerprint density at radius 2 is 2.20 bits per heavy atom. The molecule has 0 fully saturated rings. The van der Waals surface area contributed by atoms with E-state index in [1.54, 1.807) is 6.92 Å². The van der Waals surface area contributed by atoms with E-state index in [1.807, 2.05) is 0 Å². The highest BCUT2D eigenvalue weighted by Gasteiger charge is 2.17. The minimum Gasteiger partial charge on any atom is -0.269 e. The lowest BCUT2D eigenvalue weighted by Crippen LogP contribution is -2.34. The van der Waals surface area contributed by atoms with Crippen LogP contribution in [-0.2, 0) is 4.79 Å². The number of hydrogen-bond acceptors (Lipinski definition) is 3. The van der Waals surface area contributed by atoms with Gasteiger partial charge >= 0.3 is 0 Å². The van der Waals surface area contributed by atoms with Crippen molar-refractivity contribution in [3.05, 3.63) is 10.1 Å². The zero-order valence-corrected chi connectivity index (χ0v) is 6.03. The lowest BCUT2D eigenvalue weighted by molar-refractivity contribution is -0.634. The molecule has 0 unspecified atom stereocenters. The molecular formula is C5H10N2O3. The average Bonchev–Trinajstić information content (AvgIpc) is 1.81. The summed E-state index contributed by atoms with van der Waals surface area (Å²) in [6.07, 6.45) is 0.598. The van der Waals surface area contributed by atoms with Gasteiger partial charge in [0.1, 0.15) is 0 Å². The Balaban J connectivity index is 3.98. The van der Waals surface area contributed by atoms with Gasteiger partial charge in [-0.2, -0.15) is 0 Å². The molecule has 10 heavy (non-hydrogen) atoms. The molecule has 0 aromatic heterocycles. The van der Waals surface area contributed by atoms with Crippen molar-refractivity contribution in [2.75, 3.05) is 6.54 Å². The Morgan fingerprint density at radius 1 is 1.70 bits per heavy atom. The summed E-state index contributed by atoms with van der Waals surface area (Å²) < 4.78 is 0. The largest absolute Gasteiger partial charge is 0.280 e. The van der Waals surface area contributed by atoms with Crippen LogP contribution in [0.25, 0.3) is 0 Å². The Bertz CT molecular complexity index is 132. The van der Waals surface area contributed by atoms with Gasteiger partial charge in [0.25, 0.3) is 5.91 Å². The molecule has 5 heteroatoms. The third-order valence-corrected chi connectivity index (χ3v) is 0.996. The second-order valence-electron chi connectivity index (χ2n) is 1.88. The molecule has 0 saturated heterocycles. The van der Waals surface area contributed by atoms with Gasteiger partial charge in [0.05, 0.1) is 6.54 Å². The Kier molecular flexibility index (Phi) is 3.38. The van der Waals surface area contributed by atoms with Gasteiger partial charge in [-0.15, -0.1) is 0 Å². The molecule has 0 aliphatic rings. The third-order valence-electron chi connectivity index (χ3n) is 0.996. The summed E-state index contributed by atoms with van der Waals surface area (Å²) in [7, 11) is 0. The van der Waals surface area contributed by atoms with E-state index in [-0.39, 0.29) is 6.54 Å². The molecule has 0 heterocycles. The molecule has 0 aromatic carbocycles. The summed E-state index contributed by atoms with van der Waals surface area (Å²) in [4.78, 5) is 20.5. The van der Waals surface area contributed by atoms with Crippen molar-refractivity contribution in [3.8, 4) is 0 Å². The smallest absolute Gasteiger partial charge is 0.269 e. The van der Waals surface area contributed by atoms with Gasteiger partial charge in [-0.05, 0) is 6.42 Å². The second kappa shape index (κ2) is 3.81. The summed E-state index contributed by atoms with van der Waals surface area (Å²) in [5, 5.41) is 9.95. The topological polar surface area (TPSA) is 63.5 Å². The first kappa shape index (κ1) is 8.87. The molecule has 1 amide bonds. The summed E-state index contributed by atoms with van der Waals surface area (Å²) in [6.45, 7) is 3.14. The maximum atomic E-state index is 10.5. The fraction of sp³-hybridized carbons (Fsp3) is 0.800. The van der Waals surface area contributed by atoms with E-state index in [0.717, 1.165) is 0 Å². The SMILES string of the molecule is CCCN(C(C)=O)[N+](=O)[O-]. The van der Waals surface area contributed by atoms with Crippen molar-refractivity contribution < 1.29 is 9.83 Å². The lowest BCUT2D eigenvalue weighted by atomic mass is 10.4. The maximum absolute atomic E-state index is 10.5. The molecule has 0 rings (SSSR count). The van der Waals surface area contributed by atoms with Crippen LogP contribution in [0.4, 0.5) is 0 Å². The van der Waals surface area contributed by atoms with Crippen LogP contribution in [0.5, 0.6) is 0 Å². The van der Waals surface area contributed by atoms with Crippen molar-refractivity contribution in [1.29, 1.82) is 0 Å². The summed E-state index contributed by atoms with van der Waals surface area (Å²) in [5.74, 6) is -0.521.